The van der Waals surface area contributed by atoms with Crippen molar-refractivity contribution in [2.75, 3.05) is 25.6 Å². The summed E-state index contributed by atoms with van der Waals surface area (Å²) in [6, 6.07) is 1.83. The first-order chi connectivity index (χ1) is 6.86. The van der Waals surface area contributed by atoms with Crippen LogP contribution in [0.25, 0.3) is 0 Å². The van der Waals surface area contributed by atoms with Gasteiger partial charge >= 0.3 is 0 Å². The minimum Gasteiger partial charge on any atom is -0.385 e. The Kier molecular flexibility index (Phi) is 4.88. The number of methoxy groups -OCH3 is 1. The van der Waals surface area contributed by atoms with E-state index < -0.39 is 0 Å². The second-order valence-corrected chi connectivity index (χ2v) is 2.84. The van der Waals surface area contributed by atoms with Crippen molar-refractivity contribution in [3.63, 3.8) is 0 Å². The van der Waals surface area contributed by atoms with E-state index in [0.29, 0.717) is 12.4 Å². The van der Waals surface area contributed by atoms with Gasteiger partial charge in [-0.3, -0.25) is 0 Å². The highest BCUT2D eigenvalue weighted by atomic mass is 16.5. The average molecular weight is 196 g/mol. The summed E-state index contributed by atoms with van der Waals surface area (Å²) in [7, 11) is 1.69. The lowest BCUT2D eigenvalue weighted by Crippen LogP contribution is -2.09. The van der Waals surface area contributed by atoms with Crippen molar-refractivity contribution in [2.45, 2.75) is 13.0 Å². The van der Waals surface area contributed by atoms with Crippen molar-refractivity contribution in [2.24, 2.45) is 5.73 Å². The molecule has 0 fully saturated rings. The lowest BCUT2D eigenvalue weighted by molar-refractivity contribution is 0.198. The number of hydrogen-bond donors (Lipinski definition) is 2. The summed E-state index contributed by atoms with van der Waals surface area (Å²) in [5.41, 5.74) is 5.42. The quantitative estimate of drug-likeness (QED) is 0.644. The third kappa shape index (κ3) is 3.68. The molecule has 0 atom stereocenters. The fraction of sp³-hybridized carbons (Fsp3) is 0.556. The summed E-state index contributed by atoms with van der Waals surface area (Å²) in [4.78, 5) is 8.20. The smallest absolute Gasteiger partial charge is 0.144 e. The van der Waals surface area contributed by atoms with E-state index in [4.69, 9.17) is 10.5 Å². The molecule has 0 bridgehead atoms. The molecule has 0 aliphatic rings. The Morgan fingerprint density at radius 1 is 1.57 bits per heavy atom. The van der Waals surface area contributed by atoms with Gasteiger partial charge in [0.15, 0.2) is 0 Å². The number of rotatable bonds is 6. The standard InChI is InChI=1S/C9H16N4O/c1-14-6-2-4-11-8-3-5-12-9(7-10)13-8/h3,5H,2,4,6-7,10H2,1H3,(H,11,12,13). The fourth-order valence-electron chi connectivity index (χ4n) is 1.03. The Morgan fingerprint density at radius 2 is 2.43 bits per heavy atom. The number of hydrogen-bond acceptors (Lipinski definition) is 5. The van der Waals surface area contributed by atoms with Gasteiger partial charge in [0.25, 0.3) is 0 Å². The van der Waals surface area contributed by atoms with Crippen LogP contribution in [0.1, 0.15) is 12.2 Å². The van der Waals surface area contributed by atoms with Crippen molar-refractivity contribution < 1.29 is 4.74 Å². The Balaban J connectivity index is 2.34. The zero-order valence-corrected chi connectivity index (χ0v) is 8.36. The fourth-order valence-corrected chi connectivity index (χ4v) is 1.03. The molecule has 1 heterocycles. The van der Waals surface area contributed by atoms with Crippen LogP contribution in [0.4, 0.5) is 5.82 Å². The van der Waals surface area contributed by atoms with Crippen molar-refractivity contribution >= 4 is 5.82 Å². The highest BCUT2D eigenvalue weighted by Crippen LogP contribution is 2.01. The zero-order chi connectivity index (χ0) is 10.2. The van der Waals surface area contributed by atoms with E-state index in [1.165, 1.54) is 0 Å². The van der Waals surface area contributed by atoms with E-state index in [0.717, 1.165) is 25.4 Å². The molecule has 3 N–H and O–H groups in total. The Labute approximate surface area is 83.7 Å². The maximum absolute atomic E-state index is 5.42. The van der Waals surface area contributed by atoms with E-state index in [-0.39, 0.29) is 0 Å². The molecule has 0 aliphatic heterocycles. The second kappa shape index (κ2) is 6.28. The normalized spacial score (nSPS) is 10.1. The summed E-state index contributed by atoms with van der Waals surface area (Å²) in [5, 5.41) is 3.17. The molecule has 0 amide bonds. The molecule has 0 aliphatic carbocycles. The van der Waals surface area contributed by atoms with Crippen LogP contribution < -0.4 is 11.1 Å². The minimum atomic E-state index is 0.369. The third-order valence-corrected chi connectivity index (χ3v) is 1.72. The minimum absolute atomic E-state index is 0.369. The van der Waals surface area contributed by atoms with Crippen LogP contribution in [-0.4, -0.2) is 30.2 Å². The lowest BCUT2D eigenvalue weighted by atomic mass is 10.4. The number of nitrogens with one attached hydrogen (secondary N) is 1. The van der Waals surface area contributed by atoms with Gasteiger partial charge in [0.2, 0.25) is 0 Å². The molecule has 0 radical (unpaired) electrons. The molecule has 0 saturated heterocycles. The molecule has 1 aromatic heterocycles. The molecule has 1 rings (SSSR count). The topological polar surface area (TPSA) is 73.1 Å². The van der Waals surface area contributed by atoms with E-state index in [1.54, 1.807) is 13.3 Å². The monoisotopic (exact) mass is 196 g/mol. The number of anilines is 1. The largest absolute Gasteiger partial charge is 0.385 e. The maximum Gasteiger partial charge on any atom is 0.144 e. The van der Waals surface area contributed by atoms with Crippen LogP contribution in [-0.2, 0) is 11.3 Å². The third-order valence-electron chi connectivity index (χ3n) is 1.72. The van der Waals surface area contributed by atoms with Crippen molar-refractivity contribution in [1.29, 1.82) is 0 Å². The van der Waals surface area contributed by atoms with Crippen LogP contribution in [0.3, 0.4) is 0 Å². The van der Waals surface area contributed by atoms with Gasteiger partial charge in [0.05, 0.1) is 6.54 Å². The maximum atomic E-state index is 5.42. The molecular weight excluding hydrogens is 180 g/mol. The van der Waals surface area contributed by atoms with Gasteiger partial charge < -0.3 is 15.8 Å². The summed E-state index contributed by atoms with van der Waals surface area (Å²) >= 11 is 0. The Bertz CT molecular complexity index is 267. The van der Waals surface area contributed by atoms with E-state index >= 15 is 0 Å². The molecule has 5 nitrogen and oxygen atoms in total. The van der Waals surface area contributed by atoms with E-state index in [9.17, 15) is 0 Å². The van der Waals surface area contributed by atoms with Crippen LogP contribution in [0.15, 0.2) is 12.3 Å². The predicted octanol–water partition coefficient (Wildman–Crippen LogP) is 0.384. The predicted molar refractivity (Wildman–Crippen MR) is 54.9 cm³/mol. The molecule has 0 spiro atoms. The van der Waals surface area contributed by atoms with Crippen LogP contribution in [0, 0.1) is 0 Å². The highest BCUT2D eigenvalue weighted by molar-refractivity contribution is 5.32. The van der Waals surface area contributed by atoms with Gasteiger partial charge in [-0.2, -0.15) is 0 Å². The second-order valence-electron chi connectivity index (χ2n) is 2.84. The molecule has 0 saturated carbocycles. The molecule has 14 heavy (non-hydrogen) atoms. The first-order valence-electron chi connectivity index (χ1n) is 4.61. The summed E-state index contributed by atoms with van der Waals surface area (Å²) in [6.07, 6.45) is 2.66. The van der Waals surface area contributed by atoms with E-state index in [2.05, 4.69) is 15.3 Å². The molecule has 5 heteroatoms. The molecule has 0 unspecified atom stereocenters. The number of nitrogens with zero attached hydrogens (tertiary/aromatic N) is 2. The van der Waals surface area contributed by atoms with Crippen molar-refractivity contribution in [3.05, 3.63) is 18.1 Å². The number of aromatic nitrogens is 2. The highest BCUT2D eigenvalue weighted by Gasteiger charge is 1.95. The summed E-state index contributed by atoms with van der Waals surface area (Å²) in [6.45, 7) is 1.96. The summed E-state index contributed by atoms with van der Waals surface area (Å²) in [5.74, 6) is 1.47. The SMILES string of the molecule is COCCCNc1ccnc(CN)n1. The lowest BCUT2D eigenvalue weighted by Gasteiger charge is -2.05. The van der Waals surface area contributed by atoms with Crippen LogP contribution in [0.5, 0.6) is 0 Å². The first kappa shape index (κ1) is 10.9. The number of nitrogens with two attached hydrogens (primary N) is 1. The van der Waals surface area contributed by atoms with Gasteiger partial charge in [0, 0.05) is 26.5 Å². The molecule has 0 aromatic carbocycles. The molecule has 78 valence electrons. The number of ether oxygens (including phenoxy) is 1. The van der Waals surface area contributed by atoms with Gasteiger partial charge in [-0.1, -0.05) is 0 Å². The van der Waals surface area contributed by atoms with Gasteiger partial charge in [-0.15, -0.1) is 0 Å². The van der Waals surface area contributed by atoms with Gasteiger partial charge in [0.1, 0.15) is 11.6 Å². The first-order valence-corrected chi connectivity index (χ1v) is 4.61. The van der Waals surface area contributed by atoms with Gasteiger partial charge in [-0.25, -0.2) is 9.97 Å². The Hall–Kier alpha value is -1.20. The van der Waals surface area contributed by atoms with Crippen LogP contribution in [0.2, 0.25) is 0 Å². The van der Waals surface area contributed by atoms with E-state index in [1.807, 2.05) is 6.07 Å². The van der Waals surface area contributed by atoms with Crippen LogP contribution >= 0.6 is 0 Å². The average Bonchev–Trinajstić information content (AvgIpc) is 2.25. The zero-order valence-electron chi connectivity index (χ0n) is 8.36. The van der Waals surface area contributed by atoms with Crippen molar-refractivity contribution in [1.82, 2.24) is 9.97 Å². The summed E-state index contributed by atoms with van der Waals surface area (Å²) < 4.78 is 4.93. The van der Waals surface area contributed by atoms with Crippen molar-refractivity contribution in [3.8, 4) is 0 Å². The Morgan fingerprint density at radius 3 is 3.14 bits per heavy atom. The molecule has 1 aromatic rings. The molecular formula is C9H16N4O. The van der Waals surface area contributed by atoms with Gasteiger partial charge in [-0.05, 0) is 12.5 Å².